The summed E-state index contributed by atoms with van der Waals surface area (Å²) in [4.78, 5) is 10.2. The number of ether oxygens (including phenoxy) is 1. The van der Waals surface area contributed by atoms with Crippen molar-refractivity contribution in [3.63, 3.8) is 0 Å². The molecule has 0 amide bonds. The van der Waals surface area contributed by atoms with Crippen molar-refractivity contribution < 1.29 is 13.9 Å². The molecule has 0 aromatic rings. The molecule has 62 valence electrons. The van der Waals surface area contributed by atoms with Gasteiger partial charge in [-0.05, 0) is 17.9 Å². The van der Waals surface area contributed by atoms with E-state index in [1.165, 1.54) is 7.11 Å². The van der Waals surface area contributed by atoms with Gasteiger partial charge in [-0.1, -0.05) is 6.58 Å². The standard InChI is InChI=1S/C5H8O2.CH3F.H4Si/c1-4(2)5(6)7-3;1-2;/h1H2,2-3H3;1H3;1H4. The van der Waals surface area contributed by atoms with Crippen molar-refractivity contribution in [2.75, 3.05) is 14.3 Å². The monoisotopic (exact) mass is 166 g/mol. The van der Waals surface area contributed by atoms with E-state index in [2.05, 4.69) is 11.3 Å². The summed E-state index contributed by atoms with van der Waals surface area (Å²) in [7, 11) is 1.83. The molecule has 0 aromatic heterocycles. The van der Waals surface area contributed by atoms with E-state index >= 15 is 0 Å². The minimum absolute atomic E-state index is 0. The summed E-state index contributed by atoms with van der Waals surface area (Å²) >= 11 is 0. The number of hydrogen-bond donors (Lipinski definition) is 0. The van der Waals surface area contributed by atoms with Crippen molar-refractivity contribution in [2.45, 2.75) is 6.92 Å². The van der Waals surface area contributed by atoms with Crippen LogP contribution in [0.4, 0.5) is 4.39 Å². The smallest absolute Gasteiger partial charge is 0.332 e. The lowest BCUT2D eigenvalue weighted by molar-refractivity contribution is -0.136. The van der Waals surface area contributed by atoms with Crippen molar-refractivity contribution in [3.8, 4) is 0 Å². The number of carbonyl (C=O) groups is 1. The SMILES string of the molecule is C=C(C)C(=O)OC.CF.[SiH4]. The molecule has 0 fully saturated rings. The highest BCUT2D eigenvalue weighted by Gasteiger charge is 1.95. The highest BCUT2D eigenvalue weighted by atomic mass is 28.1. The minimum Gasteiger partial charge on any atom is -0.466 e. The maximum Gasteiger partial charge on any atom is 0.332 e. The van der Waals surface area contributed by atoms with Gasteiger partial charge in [-0.3, -0.25) is 4.39 Å². The number of halogens is 1. The Labute approximate surface area is 65.1 Å². The molecule has 0 aliphatic heterocycles. The Bertz CT molecular complexity index is 104. The second kappa shape index (κ2) is 11.2. The van der Waals surface area contributed by atoms with Gasteiger partial charge in [-0.2, -0.15) is 0 Å². The molecule has 0 spiro atoms. The Balaban J connectivity index is -0.000000149. The van der Waals surface area contributed by atoms with Gasteiger partial charge in [0.25, 0.3) is 0 Å². The number of rotatable bonds is 1. The van der Waals surface area contributed by atoms with Crippen LogP contribution in [0.25, 0.3) is 0 Å². The van der Waals surface area contributed by atoms with Crippen LogP contribution in [0.5, 0.6) is 0 Å². The molecule has 0 saturated heterocycles. The van der Waals surface area contributed by atoms with Crippen molar-refractivity contribution in [1.82, 2.24) is 0 Å². The van der Waals surface area contributed by atoms with Gasteiger partial charge in [-0.15, -0.1) is 0 Å². The van der Waals surface area contributed by atoms with Gasteiger partial charge in [0.1, 0.15) is 0 Å². The summed E-state index contributed by atoms with van der Waals surface area (Å²) < 4.78 is 13.8. The summed E-state index contributed by atoms with van der Waals surface area (Å²) in [5.41, 5.74) is 0.433. The van der Waals surface area contributed by atoms with Crippen molar-refractivity contribution in [1.29, 1.82) is 0 Å². The van der Waals surface area contributed by atoms with Crippen LogP contribution in [0.15, 0.2) is 12.2 Å². The highest BCUT2D eigenvalue weighted by molar-refractivity contribution is 5.86. The average molecular weight is 166 g/mol. The molecule has 0 unspecified atom stereocenters. The van der Waals surface area contributed by atoms with E-state index in [9.17, 15) is 9.18 Å². The van der Waals surface area contributed by atoms with Crippen LogP contribution in [0.1, 0.15) is 6.92 Å². The molecule has 0 saturated carbocycles. The molecule has 0 bridgehead atoms. The summed E-state index contributed by atoms with van der Waals surface area (Å²) in [5.74, 6) is -0.347. The Kier molecular flexibility index (Phi) is 18.1. The molecular formula is C6H15FO2Si. The summed E-state index contributed by atoms with van der Waals surface area (Å²) in [6, 6.07) is 0. The van der Waals surface area contributed by atoms with Gasteiger partial charge >= 0.3 is 5.97 Å². The predicted molar refractivity (Wildman–Crippen MR) is 45.2 cm³/mol. The Morgan fingerprint density at radius 2 is 1.80 bits per heavy atom. The molecule has 0 radical (unpaired) electrons. The fraction of sp³-hybridized carbons (Fsp3) is 0.500. The molecule has 0 heterocycles. The number of esters is 1. The van der Waals surface area contributed by atoms with Gasteiger partial charge in [0, 0.05) is 5.57 Å². The maximum absolute atomic E-state index is 10.2. The van der Waals surface area contributed by atoms with Gasteiger partial charge in [-0.25, -0.2) is 4.79 Å². The Morgan fingerprint density at radius 3 is 1.80 bits per heavy atom. The zero-order valence-corrected chi connectivity index (χ0v) is 5.90. The Morgan fingerprint density at radius 1 is 1.50 bits per heavy atom. The van der Waals surface area contributed by atoms with Crippen molar-refractivity contribution >= 4 is 16.9 Å². The van der Waals surface area contributed by atoms with Crippen molar-refractivity contribution in [2.24, 2.45) is 0 Å². The fourth-order valence-electron chi connectivity index (χ4n) is 0.174. The third-order valence-corrected chi connectivity index (χ3v) is 0.534. The molecule has 0 atom stereocenters. The topological polar surface area (TPSA) is 26.3 Å². The quantitative estimate of drug-likeness (QED) is 0.308. The lowest BCUT2D eigenvalue weighted by Gasteiger charge is -1.91. The van der Waals surface area contributed by atoms with Crippen LogP contribution < -0.4 is 0 Å². The molecule has 0 N–H and O–H groups in total. The van der Waals surface area contributed by atoms with E-state index in [-0.39, 0.29) is 16.9 Å². The first kappa shape index (κ1) is 16.2. The molecule has 4 heteroatoms. The lowest BCUT2D eigenvalue weighted by atomic mass is 10.4. The molecule has 0 aliphatic carbocycles. The zero-order valence-electron chi connectivity index (χ0n) is 5.90. The van der Waals surface area contributed by atoms with E-state index < -0.39 is 0 Å². The first-order valence-corrected chi connectivity index (χ1v) is 2.30. The fourth-order valence-corrected chi connectivity index (χ4v) is 0.174. The van der Waals surface area contributed by atoms with Crippen LogP contribution in [-0.2, 0) is 9.53 Å². The molecule has 0 aromatic carbocycles. The van der Waals surface area contributed by atoms with E-state index in [0.29, 0.717) is 12.8 Å². The van der Waals surface area contributed by atoms with Gasteiger partial charge in [0.2, 0.25) is 0 Å². The predicted octanol–water partition coefficient (Wildman–Crippen LogP) is -0.130. The van der Waals surface area contributed by atoms with Crippen LogP contribution in [0, 0.1) is 0 Å². The third-order valence-electron chi connectivity index (χ3n) is 0.534. The normalized spacial score (nSPS) is 6.00. The van der Waals surface area contributed by atoms with Crippen molar-refractivity contribution in [3.05, 3.63) is 12.2 Å². The largest absolute Gasteiger partial charge is 0.466 e. The second-order valence-corrected chi connectivity index (χ2v) is 1.27. The number of carbonyl (C=O) groups excluding carboxylic acids is 1. The number of hydrogen-bond acceptors (Lipinski definition) is 2. The summed E-state index contributed by atoms with van der Waals surface area (Å²) in [6.45, 7) is 4.95. The zero-order chi connectivity index (χ0) is 7.86. The number of methoxy groups -OCH3 is 1. The number of alkyl halides is 1. The van der Waals surface area contributed by atoms with E-state index in [0.717, 1.165) is 0 Å². The maximum atomic E-state index is 10.2. The first-order chi connectivity index (χ1) is 4.18. The van der Waals surface area contributed by atoms with E-state index in [1.54, 1.807) is 6.92 Å². The average Bonchev–Trinajstić information content (AvgIpc) is 1.91. The molecule has 0 rings (SSSR count). The first-order valence-electron chi connectivity index (χ1n) is 2.30. The lowest BCUT2D eigenvalue weighted by Crippen LogP contribution is -1.98. The second-order valence-electron chi connectivity index (χ2n) is 1.27. The van der Waals surface area contributed by atoms with Crippen LogP contribution in [0.3, 0.4) is 0 Å². The molecular weight excluding hydrogens is 151 g/mol. The molecule has 10 heavy (non-hydrogen) atoms. The van der Waals surface area contributed by atoms with Gasteiger partial charge in [0.15, 0.2) is 0 Å². The van der Waals surface area contributed by atoms with E-state index in [1.807, 2.05) is 0 Å². The van der Waals surface area contributed by atoms with Crippen LogP contribution in [-0.4, -0.2) is 31.2 Å². The van der Waals surface area contributed by atoms with Gasteiger partial charge in [0.05, 0.1) is 14.3 Å². The Hall–Kier alpha value is -0.643. The summed E-state index contributed by atoms with van der Waals surface area (Å²) in [5, 5.41) is 0. The van der Waals surface area contributed by atoms with Crippen LogP contribution in [0.2, 0.25) is 0 Å². The van der Waals surface area contributed by atoms with E-state index in [4.69, 9.17) is 0 Å². The van der Waals surface area contributed by atoms with Crippen LogP contribution >= 0.6 is 0 Å². The molecule has 0 aliphatic rings. The molecule has 2 nitrogen and oxygen atoms in total. The highest BCUT2D eigenvalue weighted by Crippen LogP contribution is 1.87. The van der Waals surface area contributed by atoms with Gasteiger partial charge < -0.3 is 4.74 Å². The minimum atomic E-state index is -0.347. The summed E-state index contributed by atoms with van der Waals surface area (Å²) in [6.07, 6.45) is 0. The third kappa shape index (κ3) is 10.4.